The predicted molar refractivity (Wildman–Crippen MR) is 104 cm³/mol. The molecule has 0 aliphatic carbocycles. The Labute approximate surface area is 164 Å². The molecule has 150 valence electrons. The SMILES string of the molecule is Cc1ccc([C@H](C[NH+]2CCOCC2)NS(=O)(=O)c2ccc([N+](=O)[O-])cc2)cc1. The van der Waals surface area contributed by atoms with Crippen molar-refractivity contribution in [1.29, 1.82) is 0 Å². The van der Waals surface area contributed by atoms with E-state index in [2.05, 4.69) is 4.72 Å². The highest BCUT2D eigenvalue weighted by molar-refractivity contribution is 7.89. The highest BCUT2D eigenvalue weighted by atomic mass is 32.2. The molecular formula is C19H24N3O5S+. The number of nitrogens with zero attached hydrogens (tertiary/aromatic N) is 1. The number of sulfonamides is 1. The van der Waals surface area contributed by atoms with Crippen molar-refractivity contribution in [2.75, 3.05) is 32.8 Å². The van der Waals surface area contributed by atoms with Crippen LogP contribution in [-0.2, 0) is 14.8 Å². The van der Waals surface area contributed by atoms with Crippen LogP contribution in [0, 0.1) is 17.0 Å². The molecule has 0 saturated carbocycles. The van der Waals surface area contributed by atoms with Crippen LogP contribution < -0.4 is 9.62 Å². The molecule has 0 unspecified atom stereocenters. The lowest BCUT2D eigenvalue weighted by Gasteiger charge is -2.28. The lowest BCUT2D eigenvalue weighted by molar-refractivity contribution is -0.909. The van der Waals surface area contributed by atoms with E-state index in [0.29, 0.717) is 19.8 Å². The fourth-order valence-corrected chi connectivity index (χ4v) is 4.41. The summed E-state index contributed by atoms with van der Waals surface area (Å²) < 4.78 is 34.0. The largest absolute Gasteiger partial charge is 0.370 e. The van der Waals surface area contributed by atoms with E-state index in [4.69, 9.17) is 4.74 Å². The molecule has 1 aliphatic rings. The van der Waals surface area contributed by atoms with Gasteiger partial charge in [-0.25, -0.2) is 8.42 Å². The summed E-state index contributed by atoms with van der Waals surface area (Å²) in [4.78, 5) is 11.5. The molecule has 0 bridgehead atoms. The van der Waals surface area contributed by atoms with Crippen molar-refractivity contribution in [2.45, 2.75) is 17.9 Å². The maximum absolute atomic E-state index is 12.9. The molecule has 9 heteroatoms. The second kappa shape index (κ2) is 8.78. The highest BCUT2D eigenvalue weighted by Crippen LogP contribution is 2.19. The van der Waals surface area contributed by atoms with E-state index < -0.39 is 21.0 Å². The van der Waals surface area contributed by atoms with E-state index in [0.717, 1.165) is 24.2 Å². The topological polar surface area (TPSA) is 103 Å². The number of quaternary nitrogens is 1. The molecule has 1 heterocycles. The third-order valence-electron chi connectivity index (χ3n) is 4.83. The van der Waals surface area contributed by atoms with Crippen LogP contribution >= 0.6 is 0 Å². The molecule has 1 saturated heterocycles. The number of non-ortho nitro benzene ring substituents is 1. The number of morpholine rings is 1. The Bertz CT molecular complexity index is 908. The highest BCUT2D eigenvalue weighted by Gasteiger charge is 2.27. The summed E-state index contributed by atoms with van der Waals surface area (Å²) in [7, 11) is -3.83. The minimum atomic E-state index is -3.83. The molecule has 0 amide bonds. The average molecular weight is 406 g/mol. The first-order valence-electron chi connectivity index (χ1n) is 9.10. The zero-order chi connectivity index (χ0) is 20.1. The van der Waals surface area contributed by atoms with Crippen LogP contribution in [0.5, 0.6) is 0 Å². The number of hydrogen-bond donors (Lipinski definition) is 2. The first-order chi connectivity index (χ1) is 13.3. The number of benzene rings is 2. The van der Waals surface area contributed by atoms with E-state index in [-0.39, 0.29) is 10.6 Å². The number of nitro benzene ring substituents is 1. The fourth-order valence-electron chi connectivity index (χ4n) is 3.18. The number of aryl methyl sites for hydroxylation is 1. The lowest BCUT2D eigenvalue weighted by Crippen LogP contribution is -3.14. The number of nitro groups is 1. The van der Waals surface area contributed by atoms with Crippen LogP contribution in [0.25, 0.3) is 0 Å². The molecule has 2 N–H and O–H groups in total. The van der Waals surface area contributed by atoms with Gasteiger partial charge in [0, 0.05) is 12.1 Å². The molecule has 1 atom stereocenters. The van der Waals surface area contributed by atoms with Gasteiger partial charge in [0.05, 0.1) is 35.6 Å². The van der Waals surface area contributed by atoms with Gasteiger partial charge in [0.1, 0.15) is 13.1 Å². The molecule has 8 nitrogen and oxygen atoms in total. The Morgan fingerprint density at radius 2 is 1.71 bits per heavy atom. The van der Waals surface area contributed by atoms with Crippen LogP contribution in [0.4, 0.5) is 5.69 Å². The lowest BCUT2D eigenvalue weighted by atomic mass is 10.1. The molecule has 2 aromatic carbocycles. The first-order valence-corrected chi connectivity index (χ1v) is 10.6. The van der Waals surface area contributed by atoms with Gasteiger partial charge >= 0.3 is 0 Å². The standard InChI is InChI=1S/C19H23N3O5S/c1-15-2-4-16(5-3-15)19(14-21-10-12-27-13-11-21)20-28(25,26)18-8-6-17(7-9-18)22(23)24/h2-9,19-20H,10-14H2,1H3/p+1/t19-/m0/s1. The second-order valence-corrected chi connectivity index (χ2v) is 8.62. The smallest absolute Gasteiger partial charge is 0.269 e. The van der Waals surface area contributed by atoms with Crippen molar-refractivity contribution in [3.05, 3.63) is 69.8 Å². The summed E-state index contributed by atoms with van der Waals surface area (Å²) >= 11 is 0. The summed E-state index contributed by atoms with van der Waals surface area (Å²) in [5.41, 5.74) is 1.83. The molecule has 3 rings (SSSR count). The van der Waals surface area contributed by atoms with Crippen LogP contribution in [0.15, 0.2) is 53.4 Å². The Balaban J connectivity index is 1.84. The number of nitrogens with one attached hydrogen (secondary N) is 2. The van der Waals surface area contributed by atoms with Gasteiger partial charge in [-0.1, -0.05) is 29.8 Å². The van der Waals surface area contributed by atoms with Crippen molar-refractivity contribution >= 4 is 15.7 Å². The fraction of sp³-hybridized carbons (Fsp3) is 0.368. The third kappa shape index (κ3) is 5.14. The van der Waals surface area contributed by atoms with Crippen molar-refractivity contribution in [1.82, 2.24) is 4.72 Å². The van der Waals surface area contributed by atoms with Gasteiger partial charge in [-0.3, -0.25) is 10.1 Å². The van der Waals surface area contributed by atoms with Gasteiger partial charge in [-0.15, -0.1) is 0 Å². The number of hydrogen-bond acceptors (Lipinski definition) is 5. The Morgan fingerprint density at radius 3 is 2.29 bits per heavy atom. The zero-order valence-corrected chi connectivity index (χ0v) is 16.4. The molecule has 1 fully saturated rings. The molecule has 0 spiro atoms. The average Bonchev–Trinajstić information content (AvgIpc) is 2.69. The summed E-state index contributed by atoms with van der Waals surface area (Å²) in [6.07, 6.45) is 0. The van der Waals surface area contributed by atoms with Crippen molar-refractivity contribution in [2.24, 2.45) is 0 Å². The minimum Gasteiger partial charge on any atom is -0.370 e. The summed E-state index contributed by atoms with van der Waals surface area (Å²) in [6.45, 7) is 5.53. The van der Waals surface area contributed by atoms with Crippen LogP contribution in [0.1, 0.15) is 17.2 Å². The molecule has 28 heavy (non-hydrogen) atoms. The molecular weight excluding hydrogens is 382 g/mol. The van der Waals surface area contributed by atoms with Gasteiger partial charge in [-0.2, -0.15) is 4.72 Å². The molecule has 0 aromatic heterocycles. The van der Waals surface area contributed by atoms with Gasteiger partial charge in [0.25, 0.3) is 5.69 Å². The van der Waals surface area contributed by atoms with E-state index in [1.54, 1.807) is 0 Å². The van der Waals surface area contributed by atoms with E-state index in [9.17, 15) is 18.5 Å². The third-order valence-corrected chi connectivity index (χ3v) is 6.32. The van der Waals surface area contributed by atoms with Gasteiger partial charge < -0.3 is 9.64 Å². The Morgan fingerprint density at radius 1 is 1.11 bits per heavy atom. The molecule has 1 aliphatic heterocycles. The molecule has 2 aromatic rings. The van der Waals surface area contributed by atoms with Gasteiger partial charge in [0.2, 0.25) is 10.0 Å². The number of ether oxygens (including phenoxy) is 1. The quantitative estimate of drug-likeness (QED) is 0.524. The van der Waals surface area contributed by atoms with Gasteiger partial charge in [-0.05, 0) is 24.6 Å². The predicted octanol–water partition coefficient (Wildman–Crippen LogP) is 0.838. The number of rotatable bonds is 7. The monoisotopic (exact) mass is 406 g/mol. The van der Waals surface area contributed by atoms with Crippen molar-refractivity contribution in [3.8, 4) is 0 Å². The van der Waals surface area contributed by atoms with Crippen LogP contribution in [-0.4, -0.2) is 46.2 Å². The zero-order valence-electron chi connectivity index (χ0n) is 15.6. The Hall–Kier alpha value is -2.33. The first kappa shape index (κ1) is 20.4. The van der Waals surface area contributed by atoms with E-state index in [1.807, 2.05) is 31.2 Å². The van der Waals surface area contributed by atoms with Crippen molar-refractivity contribution in [3.63, 3.8) is 0 Å². The van der Waals surface area contributed by atoms with Gasteiger partial charge in [0.15, 0.2) is 0 Å². The van der Waals surface area contributed by atoms with Crippen molar-refractivity contribution < 1.29 is 23.0 Å². The minimum absolute atomic E-state index is 0.00666. The maximum atomic E-state index is 12.9. The second-order valence-electron chi connectivity index (χ2n) is 6.90. The summed E-state index contributed by atoms with van der Waals surface area (Å²) in [5.74, 6) is 0. The van der Waals surface area contributed by atoms with Crippen LogP contribution in [0.2, 0.25) is 0 Å². The van der Waals surface area contributed by atoms with E-state index in [1.165, 1.54) is 29.2 Å². The summed E-state index contributed by atoms with van der Waals surface area (Å²) in [5, 5.41) is 10.8. The normalized spacial score (nSPS) is 16.6. The van der Waals surface area contributed by atoms with E-state index >= 15 is 0 Å². The Kier molecular flexibility index (Phi) is 6.40. The van der Waals surface area contributed by atoms with Crippen LogP contribution in [0.3, 0.4) is 0 Å². The molecule has 0 radical (unpaired) electrons. The maximum Gasteiger partial charge on any atom is 0.269 e. The summed E-state index contributed by atoms with van der Waals surface area (Å²) in [6, 6.07) is 12.3.